The number of hydrogen-bond donors (Lipinski definition) is 2. The van der Waals surface area contributed by atoms with Crippen LogP contribution in [0.25, 0.3) is 21.9 Å². The Morgan fingerprint density at radius 3 is 2.57 bits per heavy atom. The summed E-state index contributed by atoms with van der Waals surface area (Å²) < 4.78 is 19.9. The van der Waals surface area contributed by atoms with Gasteiger partial charge in [-0.15, -0.1) is 0 Å². The molecule has 0 radical (unpaired) electrons. The molecule has 1 amide bonds. The van der Waals surface area contributed by atoms with E-state index in [1.54, 1.807) is 24.3 Å². The van der Waals surface area contributed by atoms with Crippen molar-refractivity contribution in [1.82, 2.24) is 9.88 Å². The summed E-state index contributed by atoms with van der Waals surface area (Å²) in [6, 6.07) is 11.3. The number of carbonyl (C=O) groups is 2. The Bertz CT molecular complexity index is 1320. The number of amides is 1. The number of pyridine rings is 1. The van der Waals surface area contributed by atoms with E-state index in [1.165, 1.54) is 17.0 Å². The van der Waals surface area contributed by atoms with Gasteiger partial charge in [-0.2, -0.15) is 0 Å². The van der Waals surface area contributed by atoms with Gasteiger partial charge in [0.05, 0.1) is 5.69 Å². The molecule has 2 heterocycles. The molecule has 7 nitrogen and oxygen atoms in total. The molecule has 8 heteroatoms. The molecule has 0 bridgehead atoms. The maximum Gasteiger partial charge on any atom is 0.323 e. The van der Waals surface area contributed by atoms with Crippen LogP contribution in [-0.2, 0) is 9.59 Å². The third-order valence-electron chi connectivity index (χ3n) is 6.99. The lowest BCUT2D eigenvalue weighted by molar-refractivity contribution is -0.142. The fourth-order valence-electron chi connectivity index (χ4n) is 5.43. The van der Waals surface area contributed by atoms with Gasteiger partial charge in [0.1, 0.15) is 24.2 Å². The lowest BCUT2D eigenvalue weighted by atomic mass is 9.66. The second-order valence-electron chi connectivity index (χ2n) is 10.0. The highest BCUT2D eigenvalue weighted by Gasteiger charge is 2.53. The van der Waals surface area contributed by atoms with E-state index in [1.807, 2.05) is 19.9 Å². The monoisotopic (exact) mass is 478 g/mol. The second kappa shape index (κ2) is 8.52. The molecule has 3 aromatic rings. The molecule has 1 saturated carbocycles. The summed E-state index contributed by atoms with van der Waals surface area (Å²) in [5.74, 6) is -0.911. The molecular formula is C27H27FN2O5. The topological polar surface area (TPSA) is 100.0 Å². The van der Waals surface area contributed by atoms with Gasteiger partial charge in [0.15, 0.2) is 0 Å². The number of aromatic hydroxyl groups is 1. The highest BCUT2D eigenvalue weighted by molar-refractivity contribution is 6.01. The number of likely N-dealkylation sites (tertiary alicyclic amines) is 1. The summed E-state index contributed by atoms with van der Waals surface area (Å²) in [4.78, 5) is 29.6. The Morgan fingerprint density at radius 1 is 1.20 bits per heavy atom. The largest absolute Gasteiger partial charge is 0.508 e. The zero-order valence-corrected chi connectivity index (χ0v) is 19.6. The molecule has 0 atom stereocenters. The molecule has 182 valence electrons. The standard InChI is InChI=1S/C27H27FN2O5/c1-15(2)25-24(16-3-5-17(28)6-4-16)20-8-7-18(31)9-21(20)26(29-25)35-19-10-27(11-19)12-22(32)30(14-27)13-23(33)34/h3-9,15,19,31H,10-14H2,1-2H3,(H,33,34). The number of ether oxygens (including phenoxy) is 1. The Morgan fingerprint density at radius 2 is 1.91 bits per heavy atom. The van der Waals surface area contributed by atoms with E-state index in [4.69, 9.17) is 14.8 Å². The lowest BCUT2D eigenvalue weighted by Gasteiger charge is -2.44. The third-order valence-corrected chi connectivity index (χ3v) is 6.99. The molecule has 2 N–H and O–H groups in total. The van der Waals surface area contributed by atoms with Crippen molar-refractivity contribution in [1.29, 1.82) is 0 Å². The normalized spacial score (nSPS) is 21.7. The number of carboxylic acids is 1. The average molecular weight is 479 g/mol. The fraction of sp³-hybridized carbons (Fsp3) is 0.370. The number of carboxylic acid groups (broad SMARTS) is 1. The summed E-state index contributed by atoms with van der Waals surface area (Å²) >= 11 is 0. The van der Waals surface area contributed by atoms with Gasteiger partial charge in [0, 0.05) is 29.3 Å². The zero-order chi connectivity index (χ0) is 24.9. The molecule has 1 saturated heterocycles. The third kappa shape index (κ3) is 4.29. The highest BCUT2D eigenvalue weighted by Crippen LogP contribution is 2.50. The predicted octanol–water partition coefficient (Wildman–Crippen LogP) is 4.71. The number of nitrogens with zero attached hydrogens (tertiary/aromatic N) is 2. The average Bonchev–Trinajstić information content (AvgIpc) is 3.09. The van der Waals surface area contributed by atoms with Crippen molar-refractivity contribution < 1.29 is 28.9 Å². The first-order chi connectivity index (χ1) is 16.6. The molecule has 1 aromatic heterocycles. The van der Waals surface area contributed by atoms with Crippen molar-refractivity contribution in [3.63, 3.8) is 0 Å². The first-order valence-electron chi connectivity index (χ1n) is 11.7. The Labute approximate surface area is 202 Å². The molecule has 5 rings (SSSR count). The minimum absolute atomic E-state index is 0.0559. The minimum Gasteiger partial charge on any atom is -0.508 e. The molecule has 1 aliphatic heterocycles. The van der Waals surface area contributed by atoms with Crippen LogP contribution in [0, 0.1) is 11.2 Å². The van der Waals surface area contributed by atoms with Gasteiger partial charge in [0.2, 0.25) is 11.8 Å². The molecule has 2 aromatic carbocycles. The van der Waals surface area contributed by atoms with Gasteiger partial charge in [-0.25, -0.2) is 9.37 Å². The number of hydrogen-bond acceptors (Lipinski definition) is 5. The maximum atomic E-state index is 13.6. The number of aliphatic carboxylic acids is 1. The van der Waals surface area contributed by atoms with Gasteiger partial charge < -0.3 is 19.8 Å². The number of phenols is 1. The molecule has 1 aliphatic carbocycles. The molecular weight excluding hydrogens is 451 g/mol. The number of phenolic OH excluding ortho intramolecular Hbond substituents is 1. The molecule has 0 unspecified atom stereocenters. The number of halogens is 1. The Balaban J connectivity index is 1.47. The van der Waals surface area contributed by atoms with Crippen LogP contribution in [0.2, 0.25) is 0 Å². The van der Waals surface area contributed by atoms with E-state index >= 15 is 0 Å². The number of benzene rings is 2. The summed E-state index contributed by atoms with van der Waals surface area (Å²) in [6.45, 7) is 4.21. The summed E-state index contributed by atoms with van der Waals surface area (Å²) in [6.07, 6.45) is 1.43. The first kappa shape index (κ1) is 23.1. The van der Waals surface area contributed by atoms with Crippen molar-refractivity contribution in [2.75, 3.05) is 13.1 Å². The molecule has 1 spiro atoms. The van der Waals surface area contributed by atoms with Gasteiger partial charge in [-0.3, -0.25) is 9.59 Å². The Kier molecular flexibility index (Phi) is 5.62. The number of rotatable bonds is 6. The number of aromatic nitrogens is 1. The Hall–Kier alpha value is -3.68. The van der Waals surface area contributed by atoms with Crippen LogP contribution in [0.1, 0.15) is 44.7 Å². The summed E-state index contributed by atoms with van der Waals surface area (Å²) in [5.41, 5.74) is 2.25. The fourth-order valence-corrected chi connectivity index (χ4v) is 5.43. The second-order valence-corrected chi connectivity index (χ2v) is 10.0. The van der Waals surface area contributed by atoms with Crippen molar-refractivity contribution in [3.8, 4) is 22.8 Å². The maximum absolute atomic E-state index is 13.6. The van der Waals surface area contributed by atoms with E-state index in [0.29, 0.717) is 37.1 Å². The SMILES string of the molecule is CC(C)c1nc(OC2CC3(CC(=O)N(CC(=O)O)C3)C2)c2cc(O)ccc2c1-c1ccc(F)cc1. The van der Waals surface area contributed by atoms with E-state index in [-0.39, 0.29) is 41.5 Å². The lowest BCUT2D eigenvalue weighted by Crippen LogP contribution is -2.46. The summed E-state index contributed by atoms with van der Waals surface area (Å²) in [7, 11) is 0. The van der Waals surface area contributed by atoms with Crippen LogP contribution in [-0.4, -0.2) is 51.2 Å². The molecule has 35 heavy (non-hydrogen) atoms. The van der Waals surface area contributed by atoms with Gasteiger partial charge >= 0.3 is 5.97 Å². The van der Waals surface area contributed by atoms with E-state index in [9.17, 15) is 19.1 Å². The van der Waals surface area contributed by atoms with Crippen LogP contribution in [0.15, 0.2) is 42.5 Å². The predicted molar refractivity (Wildman–Crippen MR) is 128 cm³/mol. The number of carbonyl (C=O) groups excluding carboxylic acids is 1. The van der Waals surface area contributed by atoms with Crippen molar-refractivity contribution >= 4 is 22.6 Å². The van der Waals surface area contributed by atoms with Crippen molar-refractivity contribution in [3.05, 3.63) is 54.0 Å². The first-order valence-corrected chi connectivity index (χ1v) is 11.7. The van der Waals surface area contributed by atoms with Crippen LogP contribution >= 0.6 is 0 Å². The van der Waals surface area contributed by atoms with E-state index in [2.05, 4.69) is 0 Å². The quantitative estimate of drug-likeness (QED) is 0.532. The van der Waals surface area contributed by atoms with Crippen molar-refractivity contribution in [2.45, 2.75) is 45.1 Å². The number of fused-ring (bicyclic) bond motifs is 1. The smallest absolute Gasteiger partial charge is 0.323 e. The minimum atomic E-state index is -1.01. The van der Waals surface area contributed by atoms with E-state index < -0.39 is 5.97 Å². The zero-order valence-electron chi connectivity index (χ0n) is 19.6. The van der Waals surface area contributed by atoms with Gasteiger partial charge in [0.25, 0.3) is 0 Å². The molecule has 2 fully saturated rings. The van der Waals surface area contributed by atoms with Gasteiger partial charge in [-0.05, 0) is 60.0 Å². The van der Waals surface area contributed by atoms with Crippen LogP contribution < -0.4 is 4.74 Å². The van der Waals surface area contributed by atoms with E-state index in [0.717, 1.165) is 22.2 Å². The van der Waals surface area contributed by atoms with Crippen LogP contribution in [0.5, 0.6) is 11.6 Å². The van der Waals surface area contributed by atoms with Gasteiger partial charge in [-0.1, -0.05) is 26.0 Å². The summed E-state index contributed by atoms with van der Waals surface area (Å²) in [5, 5.41) is 20.8. The molecule has 2 aliphatic rings. The van der Waals surface area contributed by atoms with Crippen molar-refractivity contribution in [2.24, 2.45) is 5.41 Å². The van der Waals surface area contributed by atoms with Crippen LogP contribution in [0.3, 0.4) is 0 Å². The highest BCUT2D eigenvalue weighted by atomic mass is 19.1. The van der Waals surface area contributed by atoms with Crippen LogP contribution in [0.4, 0.5) is 4.39 Å².